The van der Waals surface area contributed by atoms with Gasteiger partial charge in [-0.3, -0.25) is 0 Å². The average Bonchev–Trinajstić information content (AvgIpc) is 2.80. The number of nitrogens with zero attached hydrogens (tertiary/aromatic N) is 3. The first kappa shape index (κ1) is 20.0. The van der Waals surface area contributed by atoms with Gasteiger partial charge in [-0.15, -0.1) is 8.79 Å². The molecule has 1 aromatic rings. The van der Waals surface area contributed by atoms with Gasteiger partial charge in [0.2, 0.25) is 0 Å². The third-order valence-electron chi connectivity index (χ3n) is 7.25. The Bertz CT molecular complexity index is 1000. The Balaban J connectivity index is 1.54. The van der Waals surface area contributed by atoms with E-state index < -0.39 is 8.46 Å². The van der Waals surface area contributed by atoms with Crippen molar-refractivity contribution in [3.63, 3.8) is 0 Å². The second-order valence-electron chi connectivity index (χ2n) is 9.00. The number of hydrogen-bond donors (Lipinski definition) is 0. The minimum absolute atomic E-state index is 0.492. The molecule has 0 N–H and O–H groups in total. The second-order valence-corrected chi connectivity index (χ2v) is 13.0. The molecule has 0 spiro atoms. The molecule has 153 valence electrons. The standard InChI is InChI=1S/C25H29N3PSi/c1-17-7-4-13-24-25(17)28(22-11-2-3-12-23(22)30(24)29)19-9-5-8-18(15-19)20-10-6-14-27-21(20)16-26/h2,4,6,8,10-11,13-14,17,19,24-25H,3,5,7,9,12,15,29H2,1H3. The first-order valence-corrected chi connectivity index (χ1v) is 14.6. The maximum absolute atomic E-state index is 9.56. The van der Waals surface area contributed by atoms with Crippen molar-refractivity contribution in [2.45, 2.75) is 63.1 Å². The van der Waals surface area contributed by atoms with Crippen LogP contribution in [0.4, 0.5) is 0 Å². The molecule has 3 nitrogen and oxygen atoms in total. The Morgan fingerprint density at radius 1 is 1.30 bits per heavy atom. The molecule has 0 saturated heterocycles. The molecule has 5 unspecified atom stereocenters. The van der Waals surface area contributed by atoms with Crippen LogP contribution >= 0.6 is 8.79 Å². The van der Waals surface area contributed by atoms with Crippen molar-refractivity contribution in [3.8, 4) is 6.07 Å². The predicted octanol–water partition coefficient (Wildman–Crippen LogP) is 5.55. The van der Waals surface area contributed by atoms with Crippen LogP contribution in [0, 0.1) is 17.2 Å². The van der Waals surface area contributed by atoms with E-state index in [9.17, 15) is 5.26 Å². The molecule has 5 heteroatoms. The zero-order chi connectivity index (χ0) is 20.7. The highest BCUT2D eigenvalue weighted by molar-refractivity contribution is 7.64. The van der Waals surface area contributed by atoms with E-state index in [1.54, 1.807) is 11.4 Å². The number of pyridine rings is 1. The average molecular weight is 431 g/mol. The Hall–Kier alpha value is -1.95. The molecule has 0 saturated carbocycles. The molecule has 30 heavy (non-hydrogen) atoms. The molecule has 1 aliphatic heterocycles. The van der Waals surface area contributed by atoms with E-state index in [1.807, 2.05) is 6.07 Å². The molecule has 1 radical (unpaired) electrons. The third kappa shape index (κ3) is 3.33. The first-order chi connectivity index (χ1) is 14.7. The molecule has 5 rings (SSSR count). The summed E-state index contributed by atoms with van der Waals surface area (Å²) in [7, 11) is 2.66. The lowest BCUT2D eigenvalue weighted by Crippen LogP contribution is -2.55. The molecule has 5 atom stereocenters. The third-order valence-corrected chi connectivity index (χ3v) is 11.9. The molecule has 0 fully saturated rings. The molecule has 0 aromatic carbocycles. The summed E-state index contributed by atoms with van der Waals surface area (Å²) >= 11 is 0. The van der Waals surface area contributed by atoms with Gasteiger partial charge >= 0.3 is 0 Å². The van der Waals surface area contributed by atoms with Crippen LogP contribution in [-0.2, 0) is 0 Å². The fourth-order valence-corrected chi connectivity index (χ4v) is 10.2. The Morgan fingerprint density at radius 3 is 3.07 bits per heavy atom. The van der Waals surface area contributed by atoms with Crippen LogP contribution in [0.2, 0.25) is 5.54 Å². The van der Waals surface area contributed by atoms with Gasteiger partial charge in [-0.1, -0.05) is 42.5 Å². The lowest BCUT2D eigenvalue weighted by Gasteiger charge is -2.54. The van der Waals surface area contributed by atoms with Gasteiger partial charge in [0.05, 0.1) is 0 Å². The van der Waals surface area contributed by atoms with E-state index in [0.29, 0.717) is 29.2 Å². The summed E-state index contributed by atoms with van der Waals surface area (Å²) in [5.41, 5.74) is 5.10. The van der Waals surface area contributed by atoms with Crippen LogP contribution < -0.4 is 0 Å². The summed E-state index contributed by atoms with van der Waals surface area (Å²) in [6, 6.07) is 7.41. The van der Waals surface area contributed by atoms with Crippen LogP contribution in [0.25, 0.3) is 5.57 Å². The highest BCUT2D eigenvalue weighted by Crippen LogP contribution is 2.49. The number of rotatable bonds is 2. The van der Waals surface area contributed by atoms with E-state index >= 15 is 0 Å². The van der Waals surface area contributed by atoms with Crippen molar-refractivity contribution in [2.75, 3.05) is 0 Å². The quantitative estimate of drug-likeness (QED) is 0.351. The molecule has 0 amide bonds. The minimum Gasteiger partial charge on any atom is -0.365 e. The van der Waals surface area contributed by atoms with Gasteiger partial charge in [0.25, 0.3) is 0 Å². The van der Waals surface area contributed by atoms with Crippen molar-refractivity contribution in [2.24, 2.45) is 5.92 Å². The molecular weight excluding hydrogens is 401 g/mol. The topological polar surface area (TPSA) is 39.9 Å². The van der Waals surface area contributed by atoms with Crippen LogP contribution in [0.3, 0.4) is 0 Å². The van der Waals surface area contributed by atoms with Gasteiger partial charge in [0, 0.05) is 29.5 Å². The van der Waals surface area contributed by atoms with Gasteiger partial charge in [-0.05, 0) is 67.7 Å². The van der Waals surface area contributed by atoms with Crippen LogP contribution in [-0.4, -0.2) is 30.4 Å². The van der Waals surface area contributed by atoms with Crippen LogP contribution in [0.5, 0.6) is 0 Å². The zero-order valence-corrected chi connectivity index (χ0v) is 19.7. The molecule has 4 aliphatic rings. The summed E-state index contributed by atoms with van der Waals surface area (Å²) < 4.78 is 0. The number of hydrogen-bond acceptors (Lipinski definition) is 3. The monoisotopic (exact) mass is 430 g/mol. The summed E-state index contributed by atoms with van der Waals surface area (Å²) in [5.74, 6) is 0.673. The molecule has 1 aromatic heterocycles. The van der Waals surface area contributed by atoms with Crippen molar-refractivity contribution in [3.05, 3.63) is 70.9 Å². The minimum atomic E-state index is -0.619. The Labute approximate surface area is 183 Å². The van der Waals surface area contributed by atoms with Crippen LogP contribution in [0.1, 0.15) is 56.7 Å². The molecule has 2 heterocycles. The van der Waals surface area contributed by atoms with Crippen molar-refractivity contribution in [1.29, 1.82) is 5.26 Å². The summed E-state index contributed by atoms with van der Waals surface area (Å²) in [4.78, 5) is 7.15. The van der Waals surface area contributed by atoms with Crippen molar-refractivity contribution >= 4 is 22.8 Å². The van der Waals surface area contributed by atoms with Crippen molar-refractivity contribution in [1.82, 2.24) is 9.88 Å². The van der Waals surface area contributed by atoms with E-state index in [4.69, 9.17) is 0 Å². The fraction of sp³-hybridized carbons (Fsp3) is 0.440. The molecule has 3 aliphatic carbocycles. The van der Waals surface area contributed by atoms with Crippen molar-refractivity contribution < 1.29 is 0 Å². The molecule has 0 bridgehead atoms. The largest absolute Gasteiger partial charge is 0.365 e. The highest BCUT2D eigenvalue weighted by Gasteiger charge is 2.46. The maximum atomic E-state index is 9.56. The van der Waals surface area contributed by atoms with Crippen LogP contribution in [0.15, 0.2) is 59.6 Å². The summed E-state index contributed by atoms with van der Waals surface area (Å²) in [6.07, 6.45) is 20.7. The number of nitriles is 1. The lowest BCUT2D eigenvalue weighted by atomic mass is 9.82. The molecular formula is C25H29N3PSi. The highest BCUT2D eigenvalue weighted by atomic mass is 31.3. The van der Waals surface area contributed by atoms with Gasteiger partial charge in [0.1, 0.15) is 20.2 Å². The zero-order valence-electron chi connectivity index (χ0n) is 17.6. The van der Waals surface area contributed by atoms with E-state index in [-0.39, 0.29) is 0 Å². The van der Waals surface area contributed by atoms with E-state index in [0.717, 1.165) is 18.4 Å². The first-order valence-electron chi connectivity index (χ1n) is 11.2. The smallest absolute Gasteiger partial charge is 0.147 e. The van der Waals surface area contributed by atoms with Gasteiger partial charge in [-0.2, -0.15) is 5.26 Å². The predicted molar refractivity (Wildman–Crippen MR) is 128 cm³/mol. The van der Waals surface area contributed by atoms with Gasteiger partial charge in [0.15, 0.2) is 0 Å². The number of fused-ring (bicyclic) bond motifs is 1. The number of allylic oxidation sites excluding steroid dienone is 5. The van der Waals surface area contributed by atoms with Gasteiger partial charge < -0.3 is 4.90 Å². The SMILES string of the molecule is CC1CC=CC2C1N(C1CCC=C(c3cccnc3C#N)C1)C1=C(CCC=C1)[Si]2P. The second kappa shape index (κ2) is 8.29. The normalized spacial score (nSPS) is 31.1. The Morgan fingerprint density at radius 2 is 2.20 bits per heavy atom. The van der Waals surface area contributed by atoms with E-state index in [1.165, 1.54) is 37.0 Å². The lowest BCUT2D eigenvalue weighted by molar-refractivity contribution is 0.128. The fourth-order valence-electron chi connectivity index (χ4n) is 5.87. The summed E-state index contributed by atoms with van der Waals surface area (Å²) in [6.45, 7) is 2.44. The van der Waals surface area contributed by atoms with E-state index in [2.05, 4.69) is 68.1 Å². The van der Waals surface area contributed by atoms with Gasteiger partial charge in [-0.25, -0.2) is 4.98 Å². The summed E-state index contributed by atoms with van der Waals surface area (Å²) in [5, 5.41) is 11.3. The number of aromatic nitrogens is 1. The maximum Gasteiger partial charge on any atom is 0.147 e. The Kier molecular flexibility index (Phi) is 5.52.